The average Bonchev–Trinajstić information content (AvgIpc) is 2.15. The highest BCUT2D eigenvalue weighted by Gasteiger charge is 2.14. The molecule has 1 aliphatic rings. The fourth-order valence-electron chi connectivity index (χ4n) is 1.49. The van der Waals surface area contributed by atoms with Gasteiger partial charge in [0, 0.05) is 6.54 Å². The van der Waals surface area contributed by atoms with Crippen molar-refractivity contribution in [2.24, 2.45) is 11.7 Å². The van der Waals surface area contributed by atoms with Gasteiger partial charge < -0.3 is 16.4 Å². The second-order valence-corrected chi connectivity index (χ2v) is 3.73. The van der Waals surface area contributed by atoms with Gasteiger partial charge in [-0.1, -0.05) is 0 Å². The number of halogens is 1. The van der Waals surface area contributed by atoms with Gasteiger partial charge in [-0.15, -0.1) is 12.4 Å². The molecule has 0 radical (unpaired) electrons. The molecule has 0 unspecified atom stereocenters. The number of nitrogens with two attached hydrogens (primary N) is 1. The van der Waals surface area contributed by atoms with Crippen molar-refractivity contribution in [3.8, 4) is 0 Å². The third-order valence-electron chi connectivity index (χ3n) is 2.44. The molecule has 4 nitrogen and oxygen atoms in total. The lowest BCUT2D eigenvalue weighted by Crippen LogP contribution is -2.42. The van der Waals surface area contributed by atoms with Crippen LogP contribution in [0.1, 0.15) is 19.8 Å². The minimum atomic E-state index is -0.387. The monoisotopic (exact) mass is 221 g/mol. The molecule has 1 rings (SSSR count). The quantitative estimate of drug-likeness (QED) is 0.622. The van der Waals surface area contributed by atoms with Crippen LogP contribution >= 0.6 is 12.4 Å². The number of carbonyl (C=O) groups excluding carboxylic acids is 1. The molecule has 1 fully saturated rings. The van der Waals surface area contributed by atoms with E-state index in [1.807, 2.05) is 0 Å². The lowest BCUT2D eigenvalue weighted by Gasteiger charge is -2.23. The van der Waals surface area contributed by atoms with Gasteiger partial charge in [0.1, 0.15) is 0 Å². The van der Waals surface area contributed by atoms with Gasteiger partial charge in [-0.05, 0) is 38.8 Å². The van der Waals surface area contributed by atoms with E-state index >= 15 is 0 Å². The molecule has 0 aromatic rings. The van der Waals surface area contributed by atoms with Gasteiger partial charge in [0.15, 0.2) is 0 Å². The number of amides is 1. The molecule has 4 N–H and O–H groups in total. The van der Waals surface area contributed by atoms with Crippen molar-refractivity contribution in [3.05, 3.63) is 0 Å². The first-order valence-corrected chi connectivity index (χ1v) is 4.94. The molecule has 1 aliphatic heterocycles. The molecular weight excluding hydrogens is 202 g/mol. The summed E-state index contributed by atoms with van der Waals surface area (Å²) < 4.78 is 0. The Morgan fingerprint density at radius 3 is 2.64 bits per heavy atom. The first kappa shape index (κ1) is 13.7. The molecule has 1 atom stereocenters. The van der Waals surface area contributed by atoms with Crippen LogP contribution in [0.25, 0.3) is 0 Å². The van der Waals surface area contributed by atoms with Crippen LogP contribution in [-0.2, 0) is 4.79 Å². The molecular formula is C9H20ClN3O. The van der Waals surface area contributed by atoms with Gasteiger partial charge in [0.05, 0.1) is 6.04 Å². The Morgan fingerprint density at radius 2 is 2.14 bits per heavy atom. The number of nitrogens with one attached hydrogen (secondary N) is 2. The van der Waals surface area contributed by atoms with Gasteiger partial charge in [0.25, 0.3) is 0 Å². The fourth-order valence-corrected chi connectivity index (χ4v) is 1.49. The van der Waals surface area contributed by atoms with E-state index in [2.05, 4.69) is 10.6 Å². The summed E-state index contributed by atoms with van der Waals surface area (Å²) in [7, 11) is 0. The zero-order chi connectivity index (χ0) is 9.68. The SMILES string of the molecule is C[C@H](N)C(=O)NCC1CCNCC1.Cl. The molecule has 1 amide bonds. The second kappa shape index (κ2) is 7.04. The van der Waals surface area contributed by atoms with E-state index in [1.54, 1.807) is 6.92 Å². The van der Waals surface area contributed by atoms with Crippen LogP contribution in [0.2, 0.25) is 0 Å². The molecule has 5 heteroatoms. The average molecular weight is 222 g/mol. The first-order chi connectivity index (χ1) is 6.20. The largest absolute Gasteiger partial charge is 0.354 e. The maximum Gasteiger partial charge on any atom is 0.236 e. The molecule has 0 spiro atoms. The van der Waals surface area contributed by atoms with Gasteiger partial charge in [0.2, 0.25) is 5.91 Å². The highest BCUT2D eigenvalue weighted by Crippen LogP contribution is 2.09. The Hall–Kier alpha value is -0.320. The molecule has 0 aliphatic carbocycles. The van der Waals surface area contributed by atoms with Crippen molar-refractivity contribution in [3.63, 3.8) is 0 Å². The van der Waals surface area contributed by atoms with Crippen LogP contribution in [-0.4, -0.2) is 31.6 Å². The smallest absolute Gasteiger partial charge is 0.236 e. The van der Waals surface area contributed by atoms with Crippen molar-refractivity contribution < 1.29 is 4.79 Å². The maximum absolute atomic E-state index is 11.1. The van der Waals surface area contributed by atoms with Crippen LogP contribution in [0, 0.1) is 5.92 Å². The molecule has 0 bridgehead atoms. The van der Waals surface area contributed by atoms with Gasteiger partial charge in [-0.25, -0.2) is 0 Å². The lowest BCUT2D eigenvalue weighted by molar-refractivity contribution is -0.122. The number of hydrogen-bond donors (Lipinski definition) is 3. The molecule has 1 saturated heterocycles. The van der Waals surface area contributed by atoms with Gasteiger partial charge in [-0.2, -0.15) is 0 Å². The van der Waals surface area contributed by atoms with Crippen LogP contribution in [0.3, 0.4) is 0 Å². The summed E-state index contributed by atoms with van der Waals surface area (Å²) in [5, 5.41) is 6.15. The van der Waals surface area contributed by atoms with Crippen LogP contribution in [0.4, 0.5) is 0 Å². The Kier molecular flexibility index (Phi) is 6.87. The van der Waals surface area contributed by atoms with Crippen molar-refractivity contribution in [1.29, 1.82) is 0 Å². The van der Waals surface area contributed by atoms with E-state index < -0.39 is 0 Å². The van der Waals surface area contributed by atoms with Crippen molar-refractivity contribution in [2.45, 2.75) is 25.8 Å². The maximum atomic E-state index is 11.1. The summed E-state index contributed by atoms with van der Waals surface area (Å²) in [4.78, 5) is 11.1. The number of carbonyl (C=O) groups is 1. The van der Waals surface area contributed by atoms with Crippen molar-refractivity contribution in [2.75, 3.05) is 19.6 Å². The van der Waals surface area contributed by atoms with Crippen LogP contribution in [0.15, 0.2) is 0 Å². The Balaban J connectivity index is 0.00000169. The molecule has 0 aromatic carbocycles. The van der Waals surface area contributed by atoms with E-state index in [0.29, 0.717) is 5.92 Å². The second-order valence-electron chi connectivity index (χ2n) is 3.73. The summed E-state index contributed by atoms with van der Waals surface area (Å²) in [6.07, 6.45) is 2.30. The Labute approximate surface area is 91.4 Å². The van der Waals surface area contributed by atoms with Crippen LogP contribution < -0.4 is 16.4 Å². The van der Waals surface area contributed by atoms with Crippen LogP contribution in [0.5, 0.6) is 0 Å². The van der Waals surface area contributed by atoms with E-state index in [4.69, 9.17) is 5.73 Å². The van der Waals surface area contributed by atoms with E-state index in [1.165, 1.54) is 0 Å². The Bertz CT molecular complexity index is 169. The molecule has 14 heavy (non-hydrogen) atoms. The normalized spacial score (nSPS) is 19.6. The number of hydrogen-bond acceptors (Lipinski definition) is 3. The van der Waals surface area contributed by atoms with Crippen molar-refractivity contribution >= 4 is 18.3 Å². The number of piperidine rings is 1. The summed E-state index contributed by atoms with van der Waals surface area (Å²) in [6.45, 7) is 4.62. The zero-order valence-corrected chi connectivity index (χ0v) is 9.40. The van der Waals surface area contributed by atoms with Gasteiger partial charge >= 0.3 is 0 Å². The molecule has 1 heterocycles. The summed E-state index contributed by atoms with van der Waals surface area (Å²) in [5.41, 5.74) is 5.43. The minimum absolute atomic E-state index is 0. The predicted molar refractivity (Wildman–Crippen MR) is 59.5 cm³/mol. The van der Waals surface area contributed by atoms with E-state index in [0.717, 1.165) is 32.5 Å². The Morgan fingerprint density at radius 1 is 1.57 bits per heavy atom. The fraction of sp³-hybridized carbons (Fsp3) is 0.889. The summed E-state index contributed by atoms with van der Waals surface area (Å²) in [5.74, 6) is 0.586. The third kappa shape index (κ3) is 4.79. The van der Waals surface area contributed by atoms with Gasteiger partial charge in [-0.3, -0.25) is 4.79 Å². The summed E-state index contributed by atoms with van der Waals surface area (Å²) >= 11 is 0. The predicted octanol–water partition coefficient (Wildman–Crippen LogP) is -0.129. The minimum Gasteiger partial charge on any atom is -0.354 e. The zero-order valence-electron chi connectivity index (χ0n) is 8.58. The summed E-state index contributed by atoms with van der Waals surface area (Å²) in [6, 6.07) is -0.387. The van der Waals surface area contributed by atoms with Crippen molar-refractivity contribution in [1.82, 2.24) is 10.6 Å². The van der Waals surface area contributed by atoms with E-state index in [-0.39, 0.29) is 24.4 Å². The molecule has 0 aromatic heterocycles. The standard InChI is InChI=1S/C9H19N3O.ClH/c1-7(10)9(13)12-6-8-2-4-11-5-3-8;/h7-8,11H,2-6,10H2,1H3,(H,12,13);1H/t7-;/m0./s1. The third-order valence-corrected chi connectivity index (χ3v) is 2.44. The topological polar surface area (TPSA) is 67.2 Å². The van der Waals surface area contributed by atoms with E-state index in [9.17, 15) is 4.79 Å². The highest BCUT2D eigenvalue weighted by atomic mass is 35.5. The number of rotatable bonds is 3. The molecule has 84 valence electrons. The first-order valence-electron chi connectivity index (χ1n) is 4.94. The lowest BCUT2D eigenvalue weighted by atomic mass is 9.98. The highest BCUT2D eigenvalue weighted by molar-refractivity contribution is 5.85. The molecule has 0 saturated carbocycles.